The van der Waals surface area contributed by atoms with Crippen LogP contribution in [-0.2, 0) is 16.0 Å². The summed E-state index contributed by atoms with van der Waals surface area (Å²) in [5.74, 6) is -0.459. The van der Waals surface area contributed by atoms with E-state index in [2.05, 4.69) is 10.3 Å². The van der Waals surface area contributed by atoms with Gasteiger partial charge in [-0.1, -0.05) is 0 Å². The molecule has 6 nitrogen and oxygen atoms in total. The molecule has 114 valence electrons. The molecule has 20 heavy (non-hydrogen) atoms. The fraction of sp³-hybridized carbons (Fsp3) is 0.583. The van der Waals surface area contributed by atoms with E-state index >= 15 is 0 Å². The maximum Gasteiger partial charge on any atom is 0.305 e. The van der Waals surface area contributed by atoms with Gasteiger partial charge in [0.05, 0.1) is 11.6 Å². The molecule has 0 saturated carbocycles. The Morgan fingerprint density at radius 3 is 2.90 bits per heavy atom. The fourth-order valence-corrected chi connectivity index (χ4v) is 2.21. The van der Waals surface area contributed by atoms with Gasteiger partial charge in [0.2, 0.25) is 0 Å². The van der Waals surface area contributed by atoms with Crippen LogP contribution in [0.1, 0.15) is 35.3 Å². The zero-order valence-electron chi connectivity index (χ0n) is 11.4. The number of nitrogens with zero attached hydrogens (tertiary/aromatic N) is 1. The van der Waals surface area contributed by atoms with Gasteiger partial charge in [0.1, 0.15) is 5.69 Å². The van der Waals surface area contributed by atoms with Crippen molar-refractivity contribution in [2.24, 2.45) is 5.73 Å². The Bertz CT molecular complexity index is 426. The molecule has 0 saturated heterocycles. The number of aromatic nitrogens is 1. The van der Waals surface area contributed by atoms with Crippen LogP contribution in [-0.4, -0.2) is 36.6 Å². The molecule has 0 aromatic carbocycles. The number of thiazole rings is 1. The lowest BCUT2D eigenvalue weighted by atomic mass is 10.3. The molecule has 1 aromatic heterocycles. The van der Waals surface area contributed by atoms with Crippen molar-refractivity contribution in [2.45, 2.75) is 26.2 Å². The maximum atomic E-state index is 11.7. The van der Waals surface area contributed by atoms with Gasteiger partial charge in [0, 0.05) is 24.8 Å². The first-order chi connectivity index (χ1) is 9.17. The summed E-state index contributed by atoms with van der Waals surface area (Å²) in [4.78, 5) is 27.0. The van der Waals surface area contributed by atoms with Gasteiger partial charge in [-0.3, -0.25) is 9.59 Å². The Kier molecular flexibility index (Phi) is 9.96. The zero-order valence-corrected chi connectivity index (χ0v) is 13.0. The molecule has 1 aromatic rings. The first-order valence-corrected chi connectivity index (χ1v) is 7.13. The van der Waals surface area contributed by atoms with Gasteiger partial charge in [0.15, 0.2) is 0 Å². The van der Waals surface area contributed by atoms with Crippen molar-refractivity contribution in [2.75, 3.05) is 19.7 Å². The van der Waals surface area contributed by atoms with Crippen LogP contribution >= 0.6 is 23.7 Å². The number of halogens is 1. The Balaban J connectivity index is 0.00000361. The number of nitrogens with one attached hydrogen (secondary N) is 1. The van der Waals surface area contributed by atoms with Crippen molar-refractivity contribution < 1.29 is 14.3 Å². The van der Waals surface area contributed by atoms with E-state index in [1.54, 1.807) is 12.3 Å². The second-order valence-corrected chi connectivity index (χ2v) is 4.77. The third-order valence-electron chi connectivity index (χ3n) is 2.29. The topological polar surface area (TPSA) is 94.3 Å². The molecule has 0 aliphatic carbocycles. The molecule has 8 heteroatoms. The highest BCUT2D eigenvalue weighted by Gasteiger charge is 2.10. The molecule has 0 radical (unpaired) electrons. The Morgan fingerprint density at radius 2 is 2.25 bits per heavy atom. The number of amides is 1. The standard InChI is InChI=1S/C12H19N3O3S.ClH/c1-2-18-11(16)4-3-7-14-12(17)9-8-19-10(15-9)5-6-13;/h8H,2-7,13H2,1H3,(H,14,17);1H. The number of esters is 1. The second kappa shape index (κ2) is 10.6. The molecule has 1 amide bonds. The highest BCUT2D eigenvalue weighted by Crippen LogP contribution is 2.09. The highest BCUT2D eigenvalue weighted by molar-refractivity contribution is 7.09. The predicted molar refractivity (Wildman–Crippen MR) is 80.3 cm³/mol. The van der Waals surface area contributed by atoms with Gasteiger partial charge in [-0.15, -0.1) is 23.7 Å². The van der Waals surface area contributed by atoms with Crippen LogP contribution in [0.25, 0.3) is 0 Å². The minimum absolute atomic E-state index is 0. The molecule has 0 spiro atoms. The van der Waals surface area contributed by atoms with Crippen molar-refractivity contribution in [1.29, 1.82) is 0 Å². The lowest BCUT2D eigenvalue weighted by Gasteiger charge is -2.03. The molecule has 0 unspecified atom stereocenters. The van der Waals surface area contributed by atoms with Gasteiger partial charge in [0.25, 0.3) is 5.91 Å². The van der Waals surface area contributed by atoms with Crippen molar-refractivity contribution >= 4 is 35.6 Å². The van der Waals surface area contributed by atoms with E-state index in [9.17, 15) is 9.59 Å². The molecular formula is C12H20ClN3O3S. The molecule has 0 fully saturated rings. The number of nitrogens with two attached hydrogens (primary N) is 1. The number of hydrogen-bond acceptors (Lipinski definition) is 6. The number of hydrogen-bond donors (Lipinski definition) is 2. The van der Waals surface area contributed by atoms with Crippen LogP contribution in [0.15, 0.2) is 5.38 Å². The lowest BCUT2D eigenvalue weighted by Crippen LogP contribution is -2.25. The van der Waals surface area contributed by atoms with Gasteiger partial charge in [-0.2, -0.15) is 0 Å². The quantitative estimate of drug-likeness (QED) is 0.553. The van der Waals surface area contributed by atoms with Gasteiger partial charge >= 0.3 is 5.97 Å². The SMILES string of the molecule is CCOC(=O)CCCNC(=O)c1csc(CCN)n1.Cl. The van der Waals surface area contributed by atoms with Gasteiger partial charge < -0.3 is 15.8 Å². The predicted octanol–water partition coefficient (Wildman–Crippen LogP) is 1.14. The summed E-state index contributed by atoms with van der Waals surface area (Å²) in [6.45, 7) is 3.10. The third-order valence-corrected chi connectivity index (χ3v) is 3.20. The van der Waals surface area contributed by atoms with Crippen LogP contribution in [0.3, 0.4) is 0 Å². The summed E-state index contributed by atoms with van der Waals surface area (Å²) in [6.07, 6.45) is 1.55. The molecule has 1 rings (SSSR count). The normalized spacial score (nSPS) is 9.70. The Labute approximate surface area is 128 Å². The molecule has 0 atom stereocenters. The summed E-state index contributed by atoms with van der Waals surface area (Å²) < 4.78 is 4.79. The second-order valence-electron chi connectivity index (χ2n) is 3.83. The number of carbonyl (C=O) groups is 2. The molecule has 3 N–H and O–H groups in total. The number of rotatable bonds is 8. The smallest absolute Gasteiger partial charge is 0.305 e. The van der Waals surface area contributed by atoms with Crippen LogP contribution in [0.2, 0.25) is 0 Å². The lowest BCUT2D eigenvalue weighted by molar-refractivity contribution is -0.143. The largest absolute Gasteiger partial charge is 0.466 e. The number of ether oxygens (including phenoxy) is 1. The monoisotopic (exact) mass is 321 g/mol. The van der Waals surface area contributed by atoms with E-state index in [1.165, 1.54) is 11.3 Å². The summed E-state index contributed by atoms with van der Waals surface area (Å²) in [7, 11) is 0. The third kappa shape index (κ3) is 6.83. The van der Waals surface area contributed by atoms with E-state index in [0.29, 0.717) is 44.7 Å². The van der Waals surface area contributed by atoms with Crippen LogP contribution in [0.5, 0.6) is 0 Å². The molecule has 1 heterocycles. The first kappa shape index (κ1) is 18.8. The van der Waals surface area contributed by atoms with E-state index in [0.717, 1.165) is 5.01 Å². The van der Waals surface area contributed by atoms with E-state index in [-0.39, 0.29) is 24.3 Å². The average Bonchev–Trinajstić information content (AvgIpc) is 2.84. The average molecular weight is 322 g/mol. The maximum absolute atomic E-state index is 11.7. The Hall–Kier alpha value is -1.18. The molecule has 0 bridgehead atoms. The summed E-state index contributed by atoms with van der Waals surface area (Å²) in [5, 5.41) is 5.29. The van der Waals surface area contributed by atoms with Crippen molar-refractivity contribution in [3.05, 3.63) is 16.1 Å². The van der Waals surface area contributed by atoms with E-state index < -0.39 is 0 Å². The van der Waals surface area contributed by atoms with Crippen LogP contribution in [0, 0.1) is 0 Å². The van der Waals surface area contributed by atoms with Crippen LogP contribution in [0.4, 0.5) is 0 Å². The van der Waals surface area contributed by atoms with Crippen LogP contribution < -0.4 is 11.1 Å². The van der Waals surface area contributed by atoms with Crippen molar-refractivity contribution in [3.8, 4) is 0 Å². The summed E-state index contributed by atoms with van der Waals surface area (Å²) >= 11 is 1.43. The van der Waals surface area contributed by atoms with Crippen molar-refractivity contribution in [1.82, 2.24) is 10.3 Å². The highest BCUT2D eigenvalue weighted by atomic mass is 35.5. The minimum Gasteiger partial charge on any atom is -0.466 e. The van der Waals surface area contributed by atoms with E-state index in [4.69, 9.17) is 10.5 Å². The number of carbonyl (C=O) groups excluding carboxylic acids is 2. The molecular weight excluding hydrogens is 302 g/mol. The molecule has 0 aliphatic rings. The first-order valence-electron chi connectivity index (χ1n) is 6.25. The zero-order chi connectivity index (χ0) is 14.1. The van der Waals surface area contributed by atoms with Gasteiger partial charge in [-0.25, -0.2) is 4.98 Å². The summed E-state index contributed by atoms with van der Waals surface area (Å²) in [6, 6.07) is 0. The fourth-order valence-electron chi connectivity index (χ4n) is 1.41. The minimum atomic E-state index is -0.240. The molecule has 0 aliphatic heterocycles. The summed E-state index contributed by atoms with van der Waals surface area (Å²) in [5.41, 5.74) is 5.83. The Morgan fingerprint density at radius 1 is 1.50 bits per heavy atom. The van der Waals surface area contributed by atoms with E-state index in [1.807, 2.05) is 0 Å². The van der Waals surface area contributed by atoms with Crippen molar-refractivity contribution in [3.63, 3.8) is 0 Å². The van der Waals surface area contributed by atoms with Gasteiger partial charge in [-0.05, 0) is 19.9 Å².